The summed E-state index contributed by atoms with van der Waals surface area (Å²) in [7, 11) is 0. The van der Waals surface area contributed by atoms with Gasteiger partial charge in [-0.2, -0.15) is 10.2 Å². The highest BCUT2D eigenvalue weighted by Gasteiger charge is 2.43. The van der Waals surface area contributed by atoms with Gasteiger partial charge < -0.3 is 5.32 Å². The van der Waals surface area contributed by atoms with Crippen LogP contribution in [0.3, 0.4) is 0 Å². The van der Waals surface area contributed by atoms with Gasteiger partial charge in [0.1, 0.15) is 6.17 Å². The average Bonchev–Trinajstić information content (AvgIpc) is 3.12. The predicted octanol–water partition coefficient (Wildman–Crippen LogP) is 4.76. The molecule has 5 rings (SSSR count). The molecule has 0 bridgehead atoms. The summed E-state index contributed by atoms with van der Waals surface area (Å²) in [6.45, 7) is 0. The minimum atomic E-state index is -1.06. The smallest absolute Gasteiger partial charge is 0.231 e. The van der Waals surface area contributed by atoms with Gasteiger partial charge in [0.15, 0.2) is 11.6 Å². The first kappa shape index (κ1) is 19.4. The quantitative estimate of drug-likeness (QED) is 0.434. The van der Waals surface area contributed by atoms with Crippen molar-refractivity contribution in [2.24, 2.45) is 5.92 Å². The zero-order valence-electron chi connectivity index (χ0n) is 16.1. The lowest BCUT2D eigenvalue weighted by molar-refractivity contribution is -0.117. The number of pyridine rings is 1. The van der Waals surface area contributed by atoms with E-state index in [1.165, 1.54) is 23.5 Å². The van der Waals surface area contributed by atoms with Crippen LogP contribution in [0, 0.1) is 11.7 Å². The first-order valence-electron chi connectivity index (χ1n) is 9.23. The molecule has 0 radical (unpaired) electrons. The fraction of sp³-hybridized carbons (Fsp3) is 0.250. The predicted molar refractivity (Wildman–Crippen MR) is 115 cm³/mol. The Hall–Kier alpha value is -2.59. The lowest BCUT2D eigenvalue weighted by Crippen LogP contribution is -2.15. The van der Waals surface area contributed by atoms with E-state index in [2.05, 4.69) is 20.6 Å². The Bertz CT molecular complexity index is 1300. The van der Waals surface area contributed by atoms with Crippen molar-refractivity contribution in [1.29, 1.82) is 0 Å². The van der Waals surface area contributed by atoms with E-state index in [-0.39, 0.29) is 18.1 Å². The number of benzene rings is 1. The highest BCUT2D eigenvalue weighted by molar-refractivity contribution is 7.99. The van der Waals surface area contributed by atoms with E-state index >= 15 is 4.39 Å². The number of rotatable bonds is 5. The maximum absolute atomic E-state index is 15.2. The summed E-state index contributed by atoms with van der Waals surface area (Å²) < 4.78 is 29.9. The molecule has 1 saturated carbocycles. The number of carbonyl (C=O) groups is 1. The molecule has 4 aromatic rings. The van der Waals surface area contributed by atoms with Gasteiger partial charge in [0.05, 0.1) is 32.9 Å². The summed E-state index contributed by atoms with van der Waals surface area (Å²) >= 11 is 2.69. The molecule has 1 aliphatic rings. The zero-order chi connectivity index (χ0) is 21.0. The number of hydrogen-bond donors (Lipinski definition) is 2. The Morgan fingerprint density at radius 2 is 2.07 bits per heavy atom. The number of halogens is 2. The van der Waals surface area contributed by atoms with E-state index < -0.39 is 12.1 Å². The van der Waals surface area contributed by atoms with Crippen LogP contribution >= 0.6 is 23.5 Å². The Morgan fingerprint density at radius 1 is 1.30 bits per heavy atom. The topological polar surface area (TPSA) is 75.1 Å². The largest absolute Gasteiger partial charge is 0.309 e. The van der Waals surface area contributed by atoms with E-state index in [1.807, 2.05) is 24.6 Å². The lowest BCUT2D eigenvalue weighted by Gasteiger charge is -2.14. The third kappa shape index (κ3) is 3.05. The highest BCUT2D eigenvalue weighted by atomic mass is 32.2. The second-order valence-corrected chi connectivity index (χ2v) is 8.71. The van der Waals surface area contributed by atoms with Gasteiger partial charge in [0, 0.05) is 23.2 Å². The molecule has 2 N–H and O–H groups in total. The molecule has 6 nitrogen and oxygen atoms in total. The fourth-order valence-electron chi connectivity index (χ4n) is 3.63. The molecule has 10 heteroatoms. The molecule has 154 valence electrons. The van der Waals surface area contributed by atoms with Crippen LogP contribution in [0.25, 0.3) is 27.5 Å². The third-order valence-electron chi connectivity index (χ3n) is 5.22. The first-order chi connectivity index (χ1) is 14.5. The molecule has 0 saturated heterocycles. The van der Waals surface area contributed by atoms with E-state index in [4.69, 9.17) is 0 Å². The second kappa shape index (κ2) is 7.28. The van der Waals surface area contributed by atoms with Crippen LogP contribution in [0.15, 0.2) is 40.4 Å². The molecule has 3 heterocycles. The summed E-state index contributed by atoms with van der Waals surface area (Å²) in [5, 5.41) is 14.9. The zero-order valence-corrected chi connectivity index (χ0v) is 17.7. The van der Waals surface area contributed by atoms with Gasteiger partial charge in [-0.1, -0.05) is 0 Å². The number of carbonyl (C=O) groups excluding carboxylic acids is 1. The third-order valence-corrected chi connectivity index (χ3v) is 6.81. The number of amides is 1. The number of anilines is 1. The molecular formula is C20H17F2N5OS2. The number of fused-ring (bicyclic) bond motifs is 2. The van der Waals surface area contributed by atoms with Crippen molar-refractivity contribution in [2.75, 3.05) is 17.8 Å². The maximum Gasteiger partial charge on any atom is 0.231 e. The molecule has 0 aliphatic heterocycles. The fourth-order valence-corrected chi connectivity index (χ4v) is 5.05. The molecule has 1 aliphatic carbocycles. The summed E-state index contributed by atoms with van der Waals surface area (Å²) in [5.74, 6) is -0.848. The number of nitrogens with zero attached hydrogens (tertiary/aromatic N) is 3. The van der Waals surface area contributed by atoms with Crippen molar-refractivity contribution < 1.29 is 13.6 Å². The van der Waals surface area contributed by atoms with E-state index in [0.29, 0.717) is 21.1 Å². The molecule has 0 spiro atoms. The Morgan fingerprint density at radius 3 is 2.77 bits per heavy atom. The molecule has 1 fully saturated rings. The average molecular weight is 446 g/mol. The number of hydrogen-bond acceptors (Lipinski definition) is 5. The number of aromatic nitrogens is 4. The minimum Gasteiger partial charge on any atom is -0.309 e. The van der Waals surface area contributed by atoms with Gasteiger partial charge in [0.25, 0.3) is 0 Å². The van der Waals surface area contributed by atoms with Crippen LogP contribution in [0.4, 0.5) is 14.6 Å². The molecule has 3 aromatic heterocycles. The lowest BCUT2D eigenvalue weighted by atomic mass is 10.0. The van der Waals surface area contributed by atoms with Gasteiger partial charge in [-0.3, -0.25) is 9.89 Å². The van der Waals surface area contributed by atoms with Crippen molar-refractivity contribution >= 4 is 51.7 Å². The summed E-state index contributed by atoms with van der Waals surface area (Å²) in [5.41, 5.74) is 2.97. The van der Waals surface area contributed by atoms with Gasteiger partial charge in [-0.25, -0.2) is 13.3 Å². The molecule has 0 unspecified atom stereocenters. The summed E-state index contributed by atoms with van der Waals surface area (Å²) in [4.78, 5) is 13.1. The first-order valence-corrected chi connectivity index (χ1v) is 11.7. The van der Waals surface area contributed by atoms with Crippen LogP contribution in [0.2, 0.25) is 0 Å². The van der Waals surface area contributed by atoms with E-state index in [9.17, 15) is 9.18 Å². The number of aromatic amines is 1. The molecule has 2 atom stereocenters. The number of thioether (sulfide) groups is 2. The normalized spacial score (nSPS) is 18.3. The van der Waals surface area contributed by atoms with Crippen molar-refractivity contribution in [2.45, 2.75) is 22.4 Å². The van der Waals surface area contributed by atoms with Gasteiger partial charge in [0.2, 0.25) is 5.91 Å². The van der Waals surface area contributed by atoms with E-state index in [0.717, 1.165) is 22.0 Å². The number of alkyl halides is 1. The van der Waals surface area contributed by atoms with Gasteiger partial charge in [-0.05, 0) is 36.6 Å². The second-order valence-electron chi connectivity index (χ2n) is 7.08. The molecule has 30 heavy (non-hydrogen) atoms. The Labute approximate surface area is 178 Å². The van der Waals surface area contributed by atoms with Crippen LogP contribution in [0.1, 0.15) is 6.42 Å². The van der Waals surface area contributed by atoms with Crippen molar-refractivity contribution in [1.82, 2.24) is 19.8 Å². The Balaban J connectivity index is 1.60. The van der Waals surface area contributed by atoms with E-state index in [1.54, 1.807) is 23.0 Å². The summed E-state index contributed by atoms with van der Waals surface area (Å²) in [6.07, 6.45) is 6.35. The maximum atomic E-state index is 15.2. The molecule has 1 aromatic carbocycles. The summed E-state index contributed by atoms with van der Waals surface area (Å²) in [6, 6.07) is 5.45. The van der Waals surface area contributed by atoms with Crippen molar-refractivity contribution in [3.8, 4) is 11.1 Å². The molecule has 1 amide bonds. The van der Waals surface area contributed by atoms with Crippen LogP contribution in [-0.2, 0) is 4.79 Å². The standard InChI is InChI=1S/C20H17F2N5OS2/c1-29-18-15(12-8-23-25-17(12)19(30-2)16(18)22)9-3-4-27-10(5-9)6-14(26-27)24-20(28)11-7-13(11)21/h3-6,8,11,13H,7H2,1-2H3,(H,23,25)(H,24,26,28)/t11-,13+/m1/s1. The van der Waals surface area contributed by atoms with Crippen molar-refractivity contribution in [3.05, 3.63) is 36.4 Å². The van der Waals surface area contributed by atoms with Gasteiger partial charge >= 0.3 is 0 Å². The van der Waals surface area contributed by atoms with Crippen LogP contribution in [-0.4, -0.2) is 44.4 Å². The van der Waals surface area contributed by atoms with Crippen LogP contribution in [0.5, 0.6) is 0 Å². The number of H-pyrrole nitrogens is 1. The van der Waals surface area contributed by atoms with Gasteiger partial charge in [-0.15, -0.1) is 23.5 Å². The monoisotopic (exact) mass is 445 g/mol. The Kier molecular flexibility index (Phi) is 4.70. The molecular weight excluding hydrogens is 428 g/mol. The SMILES string of the molecule is CSc1c(F)c(SC)c2[nH]ncc2c1-c1ccn2nc(NC(=O)[C@@H]3C[C@@H]3F)cc2c1. The van der Waals surface area contributed by atoms with Crippen LogP contribution < -0.4 is 5.32 Å². The van der Waals surface area contributed by atoms with Crippen molar-refractivity contribution in [3.63, 3.8) is 0 Å². The highest BCUT2D eigenvalue weighted by Crippen LogP contribution is 2.43. The number of nitrogens with one attached hydrogen (secondary N) is 2. The minimum absolute atomic E-state index is 0.263.